The lowest BCUT2D eigenvalue weighted by atomic mass is 10.0. The van der Waals surface area contributed by atoms with Crippen LogP contribution in [-0.2, 0) is 29.1 Å². The number of nitrogens with zero attached hydrogens (tertiary/aromatic N) is 1. The number of hydrogen-bond acceptors (Lipinski definition) is 7. The van der Waals surface area contributed by atoms with E-state index in [2.05, 4.69) is 10.6 Å². The molecule has 2 rings (SSSR count). The third kappa shape index (κ3) is 7.51. The largest absolute Gasteiger partial charge is 0.451 e. The lowest BCUT2D eigenvalue weighted by Crippen LogP contribution is -2.48. The van der Waals surface area contributed by atoms with Gasteiger partial charge in [0, 0.05) is 25.2 Å². The molecule has 2 amide bonds. The molecule has 1 heterocycles. The van der Waals surface area contributed by atoms with Gasteiger partial charge >= 0.3 is 5.97 Å². The van der Waals surface area contributed by atoms with Crippen LogP contribution >= 0.6 is 0 Å². The SMILES string of the molecule is CC(C)CNC(=O)C(C)OC(=O)[C@@H](NC(=O)c1cccc(S(=O)(=O)N2CCOCC2)c1)C(C)C. The Morgan fingerprint density at radius 3 is 2.32 bits per heavy atom. The van der Waals surface area contributed by atoms with Crippen LogP contribution in [0.25, 0.3) is 0 Å². The van der Waals surface area contributed by atoms with Gasteiger partial charge in [-0.3, -0.25) is 9.59 Å². The Kier molecular flexibility index (Phi) is 10.0. The smallest absolute Gasteiger partial charge is 0.329 e. The quantitative estimate of drug-likeness (QED) is 0.464. The molecule has 0 spiro atoms. The van der Waals surface area contributed by atoms with E-state index in [1.54, 1.807) is 13.8 Å². The summed E-state index contributed by atoms with van der Waals surface area (Å²) in [5.74, 6) is -1.86. The average Bonchev–Trinajstić information content (AvgIpc) is 2.80. The van der Waals surface area contributed by atoms with Crippen LogP contribution < -0.4 is 10.6 Å². The minimum Gasteiger partial charge on any atom is -0.451 e. The maximum atomic E-state index is 12.9. The number of amides is 2. The molecule has 1 aromatic rings. The van der Waals surface area contributed by atoms with Crippen LogP contribution in [0, 0.1) is 11.8 Å². The predicted molar refractivity (Wildman–Crippen MR) is 126 cm³/mol. The van der Waals surface area contributed by atoms with E-state index in [0.717, 1.165) is 0 Å². The van der Waals surface area contributed by atoms with Gasteiger partial charge in [0.2, 0.25) is 10.0 Å². The zero-order valence-corrected chi connectivity index (χ0v) is 21.2. The highest BCUT2D eigenvalue weighted by molar-refractivity contribution is 7.89. The van der Waals surface area contributed by atoms with Crippen LogP contribution in [0.3, 0.4) is 0 Å². The molecule has 190 valence electrons. The zero-order chi connectivity index (χ0) is 25.5. The molecule has 1 aliphatic rings. The summed E-state index contributed by atoms with van der Waals surface area (Å²) in [4.78, 5) is 37.7. The molecule has 1 saturated heterocycles. The first-order chi connectivity index (χ1) is 15.9. The summed E-state index contributed by atoms with van der Waals surface area (Å²) in [5.41, 5.74) is 0.0931. The molecule has 2 atom stereocenters. The van der Waals surface area contributed by atoms with Crippen molar-refractivity contribution >= 4 is 27.8 Å². The molecule has 0 aromatic heterocycles. The molecule has 1 fully saturated rings. The molecule has 0 saturated carbocycles. The van der Waals surface area contributed by atoms with E-state index >= 15 is 0 Å². The normalized spacial score (nSPS) is 16.7. The van der Waals surface area contributed by atoms with Gasteiger partial charge in [-0.1, -0.05) is 33.8 Å². The molecule has 1 unspecified atom stereocenters. The third-order valence-electron chi connectivity index (χ3n) is 5.26. The number of nitrogens with one attached hydrogen (secondary N) is 2. The van der Waals surface area contributed by atoms with E-state index in [1.165, 1.54) is 35.5 Å². The number of carbonyl (C=O) groups is 3. The van der Waals surface area contributed by atoms with Crippen molar-refractivity contribution in [2.75, 3.05) is 32.8 Å². The maximum Gasteiger partial charge on any atom is 0.329 e. The first kappa shape index (κ1) is 27.7. The van der Waals surface area contributed by atoms with Crippen LogP contribution in [-0.4, -0.2) is 75.5 Å². The Labute approximate surface area is 201 Å². The summed E-state index contributed by atoms with van der Waals surface area (Å²) in [6.07, 6.45) is -1.02. The number of morpholine rings is 1. The highest BCUT2D eigenvalue weighted by Crippen LogP contribution is 2.19. The van der Waals surface area contributed by atoms with Crippen molar-refractivity contribution < 1.29 is 32.3 Å². The Morgan fingerprint density at radius 1 is 1.09 bits per heavy atom. The van der Waals surface area contributed by atoms with Crippen molar-refractivity contribution in [3.63, 3.8) is 0 Å². The molecule has 0 radical (unpaired) electrons. The number of ether oxygens (including phenoxy) is 2. The lowest BCUT2D eigenvalue weighted by Gasteiger charge is -2.26. The Morgan fingerprint density at radius 2 is 1.74 bits per heavy atom. The molecular formula is C23H35N3O7S. The highest BCUT2D eigenvalue weighted by Gasteiger charge is 2.30. The van der Waals surface area contributed by atoms with Crippen molar-refractivity contribution in [2.45, 2.75) is 51.7 Å². The number of rotatable bonds is 10. The first-order valence-electron chi connectivity index (χ1n) is 11.4. The number of esters is 1. The second-order valence-corrected chi connectivity index (χ2v) is 10.9. The molecule has 0 bridgehead atoms. The fraction of sp³-hybridized carbons (Fsp3) is 0.609. The van der Waals surface area contributed by atoms with Gasteiger partial charge in [0.15, 0.2) is 6.10 Å². The minimum absolute atomic E-state index is 0.0128. The van der Waals surface area contributed by atoms with E-state index in [1.807, 2.05) is 13.8 Å². The molecule has 11 heteroatoms. The van der Waals surface area contributed by atoms with Gasteiger partial charge < -0.3 is 20.1 Å². The van der Waals surface area contributed by atoms with Crippen molar-refractivity contribution in [1.29, 1.82) is 0 Å². The van der Waals surface area contributed by atoms with Gasteiger partial charge in [-0.2, -0.15) is 4.31 Å². The van der Waals surface area contributed by atoms with Crippen molar-refractivity contribution in [3.8, 4) is 0 Å². The van der Waals surface area contributed by atoms with Crippen molar-refractivity contribution in [1.82, 2.24) is 14.9 Å². The van der Waals surface area contributed by atoms with Crippen LogP contribution in [0.1, 0.15) is 45.0 Å². The summed E-state index contributed by atoms with van der Waals surface area (Å²) < 4.78 is 37.6. The standard InChI is InChI=1S/C23H35N3O7S/c1-15(2)14-24-21(27)17(5)33-23(29)20(16(3)4)25-22(28)18-7-6-8-19(13-18)34(30,31)26-9-11-32-12-10-26/h6-8,13,15-17,20H,9-12,14H2,1-5H3,(H,24,27)(H,25,28)/t17?,20-/m0/s1. The summed E-state index contributed by atoms with van der Waals surface area (Å²) in [5, 5.41) is 5.31. The molecule has 0 aliphatic carbocycles. The Hall–Kier alpha value is -2.50. The molecule has 1 aliphatic heterocycles. The fourth-order valence-corrected chi connectivity index (χ4v) is 4.66. The number of carbonyl (C=O) groups excluding carboxylic acids is 3. The number of hydrogen-bond donors (Lipinski definition) is 2. The highest BCUT2D eigenvalue weighted by atomic mass is 32.2. The monoisotopic (exact) mass is 497 g/mol. The lowest BCUT2D eigenvalue weighted by molar-refractivity contribution is -0.157. The molecule has 34 heavy (non-hydrogen) atoms. The molecule has 1 aromatic carbocycles. The van der Waals surface area contributed by atoms with Gasteiger partial charge in [0.25, 0.3) is 11.8 Å². The van der Waals surface area contributed by atoms with Gasteiger partial charge in [-0.05, 0) is 37.0 Å². The summed E-state index contributed by atoms with van der Waals surface area (Å²) >= 11 is 0. The van der Waals surface area contributed by atoms with E-state index < -0.39 is 40.0 Å². The van der Waals surface area contributed by atoms with E-state index in [4.69, 9.17) is 9.47 Å². The maximum absolute atomic E-state index is 12.9. The van der Waals surface area contributed by atoms with Crippen molar-refractivity contribution in [2.24, 2.45) is 11.8 Å². The van der Waals surface area contributed by atoms with Crippen LogP contribution in [0.4, 0.5) is 0 Å². The summed E-state index contributed by atoms with van der Waals surface area (Å²) in [7, 11) is -3.78. The summed E-state index contributed by atoms with van der Waals surface area (Å²) in [6.45, 7) is 10.4. The number of sulfonamides is 1. The zero-order valence-electron chi connectivity index (χ0n) is 20.4. The summed E-state index contributed by atoms with van der Waals surface area (Å²) in [6, 6.07) is 4.63. The second-order valence-electron chi connectivity index (χ2n) is 8.96. The topological polar surface area (TPSA) is 131 Å². The molecule has 10 nitrogen and oxygen atoms in total. The van der Waals surface area contributed by atoms with E-state index in [0.29, 0.717) is 19.8 Å². The Balaban J connectivity index is 2.10. The molecular weight excluding hydrogens is 462 g/mol. The first-order valence-corrected chi connectivity index (χ1v) is 12.8. The number of benzene rings is 1. The van der Waals surface area contributed by atoms with Crippen LogP contribution in [0.5, 0.6) is 0 Å². The molecule has 2 N–H and O–H groups in total. The second kappa shape index (κ2) is 12.3. The van der Waals surface area contributed by atoms with E-state index in [-0.39, 0.29) is 35.4 Å². The Bertz CT molecular complexity index is 973. The fourth-order valence-electron chi connectivity index (χ4n) is 3.21. The van der Waals surface area contributed by atoms with Gasteiger partial charge in [0.05, 0.1) is 18.1 Å². The average molecular weight is 498 g/mol. The van der Waals surface area contributed by atoms with Crippen LogP contribution in [0.15, 0.2) is 29.2 Å². The van der Waals surface area contributed by atoms with Crippen molar-refractivity contribution in [3.05, 3.63) is 29.8 Å². The minimum atomic E-state index is -3.78. The van der Waals surface area contributed by atoms with Crippen LogP contribution in [0.2, 0.25) is 0 Å². The predicted octanol–water partition coefficient (Wildman–Crippen LogP) is 1.17. The van der Waals surface area contributed by atoms with Gasteiger partial charge in [-0.15, -0.1) is 0 Å². The van der Waals surface area contributed by atoms with E-state index in [9.17, 15) is 22.8 Å². The third-order valence-corrected chi connectivity index (χ3v) is 7.15. The van der Waals surface area contributed by atoms with Gasteiger partial charge in [-0.25, -0.2) is 13.2 Å². The van der Waals surface area contributed by atoms with Gasteiger partial charge in [0.1, 0.15) is 6.04 Å².